The second-order valence-electron chi connectivity index (χ2n) is 8.60. The Bertz CT molecular complexity index is 288. The number of hydrogen-bond acceptors (Lipinski definition) is 2. The van der Waals surface area contributed by atoms with Gasteiger partial charge in [-0.1, -0.05) is 55.4 Å². The van der Waals surface area contributed by atoms with Gasteiger partial charge >= 0.3 is 0 Å². The lowest BCUT2D eigenvalue weighted by Crippen LogP contribution is -2.38. The van der Waals surface area contributed by atoms with Gasteiger partial charge in [-0.25, -0.2) is 0 Å². The van der Waals surface area contributed by atoms with E-state index in [0.29, 0.717) is 23.4 Å². The summed E-state index contributed by atoms with van der Waals surface area (Å²) < 4.78 is 12.3. The van der Waals surface area contributed by atoms with Crippen LogP contribution in [0.4, 0.5) is 0 Å². The van der Waals surface area contributed by atoms with E-state index in [4.69, 9.17) is 7.80 Å². The first-order chi connectivity index (χ1) is 8.47. The molecule has 114 valence electrons. The average Bonchev–Trinajstić information content (AvgIpc) is 2.52. The van der Waals surface area contributed by atoms with E-state index in [1.807, 2.05) is 0 Å². The van der Waals surface area contributed by atoms with Gasteiger partial charge in [0.2, 0.25) is 0 Å². The van der Waals surface area contributed by atoms with Crippen molar-refractivity contribution in [2.24, 2.45) is 22.7 Å². The molecule has 0 aromatic heterocycles. The quantitative estimate of drug-likeness (QED) is 0.622. The van der Waals surface area contributed by atoms with Crippen LogP contribution >= 0.6 is 23.0 Å². The van der Waals surface area contributed by atoms with Crippen molar-refractivity contribution in [3.05, 3.63) is 0 Å². The van der Waals surface area contributed by atoms with Gasteiger partial charge in [-0.2, -0.15) is 0 Å². The van der Waals surface area contributed by atoms with Gasteiger partial charge < -0.3 is 7.80 Å². The third-order valence-corrected chi connectivity index (χ3v) is 4.56. The van der Waals surface area contributed by atoms with Crippen LogP contribution in [0.15, 0.2) is 0 Å². The topological polar surface area (TPSA) is 18.5 Å². The first-order valence-corrected chi connectivity index (χ1v) is 8.28. The maximum Gasteiger partial charge on any atom is 0.110 e. The summed E-state index contributed by atoms with van der Waals surface area (Å²) in [5, 5.41) is 0. The van der Waals surface area contributed by atoms with Crippen molar-refractivity contribution < 1.29 is 7.80 Å². The Balaban J connectivity index is 2.99. The van der Waals surface area contributed by atoms with E-state index in [1.54, 1.807) is 0 Å². The highest BCUT2D eigenvalue weighted by Crippen LogP contribution is 2.45. The Labute approximate surface area is 133 Å². The molecule has 0 aliphatic carbocycles. The van der Waals surface area contributed by atoms with Crippen LogP contribution in [-0.2, 0) is 7.80 Å². The lowest BCUT2D eigenvalue weighted by atomic mass is 9.76. The maximum absolute atomic E-state index is 6.45. The fourth-order valence-electron chi connectivity index (χ4n) is 3.17. The third-order valence-electron chi connectivity index (χ3n) is 3.97. The molecular formula is C16H31IO2. The highest BCUT2D eigenvalue weighted by atomic mass is 127. The van der Waals surface area contributed by atoms with Gasteiger partial charge in [-0.15, -0.1) is 0 Å². The fourth-order valence-corrected chi connectivity index (χ4v) is 3.77. The predicted molar refractivity (Wildman–Crippen MR) is 89.4 cm³/mol. The van der Waals surface area contributed by atoms with Gasteiger partial charge in [0.05, 0.1) is 12.2 Å². The third kappa shape index (κ3) is 4.57. The Kier molecular flexibility index (Phi) is 5.76. The lowest BCUT2D eigenvalue weighted by molar-refractivity contribution is -0.0504. The molecule has 1 saturated heterocycles. The van der Waals surface area contributed by atoms with E-state index < -0.39 is 0 Å². The van der Waals surface area contributed by atoms with Gasteiger partial charge in [0, 0.05) is 5.92 Å². The van der Waals surface area contributed by atoms with Crippen LogP contribution in [0.25, 0.3) is 0 Å². The summed E-state index contributed by atoms with van der Waals surface area (Å²) in [6.45, 7) is 18.2. The van der Waals surface area contributed by atoms with Crippen molar-refractivity contribution in [2.45, 2.75) is 80.1 Å². The fraction of sp³-hybridized carbons (Fsp3) is 1.00. The second kappa shape index (κ2) is 6.18. The number of rotatable bonds is 3. The molecule has 0 N–H and O–H groups in total. The molecule has 1 heterocycles. The zero-order valence-electron chi connectivity index (χ0n) is 13.8. The van der Waals surface area contributed by atoms with Gasteiger partial charge in [-0.05, 0) is 23.2 Å². The van der Waals surface area contributed by atoms with Gasteiger partial charge in [0.15, 0.2) is 0 Å². The van der Waals surface area contributed by atoms with Crippen LogP contribution < -0.4 is 0 Å². The van der Waals surface area contributed by atoms with Crippen LogP contribution in [-0.4, -0.2) is 18.3 Å². The van der Waals surface area contributed by atoms with Crippen LogP contribution in [0.3, 0.4) is 0 Å². The summed E-state index contributed by atoms with van der Waals surface area (Å²) in [6, 6.07) is 0. The van der Waals surface area contributed by atoms with Gasteiger partial charge in [-0.3, -0.25) is 0 Å². The molecule has 0 saturated carbocycles. The molecule has 1 aliphatic heterocycles. The van der Waals surface area contributed by atoms with Crippen LogP contribution in [0.2, 0.25) is 0 Å². The van der Waals surface area contributed by atoms with Gasteiger partial charge in [0.1, 0.15) is 29.1 Å². The molecule has 3 heteroatoms. The zero-order chi connectivity index (χ0) is 15.0. The van der Waals surface area contributed by atoms with Crippen LogP contribution in [0.5, 0.6) is 0 Å². The molecule has 0 aromatic carbocycles. The molecule has 0 spiro atoms. The summed E-state index contributed by atoms with van der Waals surface area (Å²) in [5.41, 5.74) is 0.413. The summed E-state index contributed by atoms with van der Waals surface area (Å²) in [4.78, 5) is 0. The summed E-state index contributed by atoms with van der Waals surface area (Å²) in [7, 11) is 0. The molecule has 2 nitrogen and oxygen atoms in total. The highest BCUT2D eigenvalue weighted by Gasteiger charge is 2.51. The monoisotopic (exact) mass is 382 g/mol. The van der Waals surface area contributed by atoms with Crippen molar-refractivity contribution in [2.75, 3.05) is 0 Å². The molecule has 1 rings (SSSR count). The maximum atomic E-state index is 6.45. The summed E-state index contributed by atoms with van der Waals surface area (Å²) >= 11 is 2.06. The van der Waals surface area contributed by atoms with Crippen molar-refractivity contribution in [1.29, 1.82) is 0 Å². The molecule has 0 radical (unpaired) electrons. The van der Waals surface area contributed by atoms with Crippen LogP contribution in [0.1, 0.15) is 61.8 Å². The van der Waals surface area contributed by atoms with E-state index >= 15 is 0 Å². The first kappa shape index (κ1) is 17.7. The van der Waals surface area contributed by atoms with Crippen molar-refractivity contribution in [3.8, 4) is 0 Å². The number of halogens is 1. The molecule has 0 bridgehead atoms. The largest absolute Gasteiger partial charge is 0.371 e. The normalized spacial score (nSPS) is 33.2. The summed E-state index contributed by atoms with van der Waals surface area (Å²) in [6.07, 6.45) is 1.79. The second-order valence-corrected chi connectivity index (χ2v) is 9.11. The molecule has 19 heavy (non-hydrogen) atoms. The Hall–Kier alpha value is 0.650. The SMILES string of the molecule is CC(C)C1C(CC(C)(C)C)OC(C(C)(C)C)C1OI. The molecule has 0 amide bonds. The van der Waals surface area contributed by atoms with Crippen molar-refractivity contribution in [3.63, 3.8) is 0 Å². The Morgan fingerprint density at radius 1 is 1.11 bits per heavy atom. The minimum absolute atomic E-state index is 0.121. The molecule has 4 unspecified atom stereocenters. The first-order valence-electron chi connectivity index (χ1n) is 7.40. The lowest BCUT2D eigenvalue weighted by Gasteiger charge is -2.31. The average molecular weight is 382 g/mol. The van der Waals surface area contributed by atoms with E-state index in [0.717, 1.165) is 6.42 Å². The minimum Gasteiger partial charge on any atom is -0.371 e. The van der Waals surface area contributed by atoms with Gasteiger partial charge in [0.25, 0.3) is 0 Å². The molecule has 1 aliphatic rings. The summed E-state index contributed by atoms with van der Waals surface area (Å²) in [5.74, 6) is 1.07. The van der Waals surface area contributed by atoms with E-state index in [2.05, 4.69) is 78.4 Å². The number of hydrogen-bond donors (Lipinski definition) is 0. The van der Waals surface area contributed by atoms with E-state index in [9.17, 15) is 0 Å². The molecule has 4 atom stereocenters. The van der Waals surface area contributed by atoms with E-state index in [-0.39, 0.29) is 17.6 Å². The Morgan fingerprint density at radius 2 is 1.63 bits per heavy atom. The van der Waals surface area contributed by atoms with E-state index in [1.165, 1.54) is 0 Å². The molecular weight excluding hydrogens is 351 g/mol. The smallest absolute Gasteiger partial charge is 0.110 e. The minimum atomic E-state index is 0.121. The Morgan fingerprint density at radius 3 is 1.95 bits per heavy atom. The highest BCUT2D eigenvalue weighted by molar-refractivity contribution is 14.1. The zero-order valence-corrected chi connectivity index (χ0v) is 15.9. The van der Waals surface area contributed by atoms with Crippen molar-refractivity contribution >= 4 is 23.0 Å². The van der Waals surface area contributed by atoms with Crippen LogP contribution in [0, 0.1) is 22.7 Å². The van der Waals surface area contributed by atoms with Crippen molar-refractivity contribution in [1.82, 2.24) is 0 Å². The standard InChI is InChI=1S/C16H31IO2/c1-10(2)12-11(9-15(3,4)5)18-14(13(12)19-17)16(6,7)8/h10-14H,9H2,1-8H3. The predicted octanol–water partition coefficient (Wildman–Crippen LogP) is 5.24. The molecule has 0 aromatic rings. The molecule has 1 fully saturated rings. The number of ether oxygens (including phenoxy) is 1.